The molecule has 19 heavy (non-hydrogen) atoms. The molecule has 0 saturated carbocycles. The molecule has 0 radical (unpaired) electrons. The van der Waals surface area contributed by atoms with Crippen LogP contribution in [-0.2, 0) is 10.2 Å². The summed E-state index contributed by atoms with van der Waals surface area (Å²) in [6.07, 6.45) is 4.12. The van der Waals surface area contributed by atoms with E-state index in [0.29, 0.717) is 11.0 Å². The molecule has 6 heteroatoms. The van der Waals surface area contributed by atoms with Crippen LogP contribution in [0.3, 0.4) is 0 Å². The van der Waals surface area contributed by atoms with Gasteiger partial charge in [0.15, 0.2) is 23.4 Å². The van der Waals surface area contributed by atoms with Crippen LogP contribution >= 0.6 is 11.6 Å². The van der Waals surface area contributed by atoms with Crippen LogP contribution in [0.4, 0.5) is 5.82 Å². The second kappa shape index (κ2) is 4.81. The quantitative estimate of drug-likeness (QED) is 0.777. The lowest BCUT2D eigenvalue weighted by Gasteiger charge is -2.26. The number of hydrogen-bond acceptors (Lipinski definition) is 5. The zero-order chi connectivity index (χ0) is 14.2. The van der Waals surface area contributed by atoms with Crippen molar-refractivity contribution in [3.05, 3.63) is 29.2 Å². The zero-order valence-corrected chi connectivity index (χ0v) is 12.2. The van der Waals surface area contributed by atoms with Crippen molar-refractivity contribution in [1.82, 2.24) is 15.1 Å². The van der Waals surface area contributed by atoms with Crippen LogP contribution < -0.4 is 4.90 Å². The molecule has 0 aromatic carbocycles. The van der Waals surface area contributed by atoms with Crippen molar-refractivity contribution in [3.8, 4) is 0 Å². The van der Waals surface area contributed by atoms with Crippen LogP contribution in [0.15, 0.2) is 18.5 Å². The molecule has 0 spiro atoms. The predicted octanol–water partition coefficient (Wildman–Crippen LogP) is 2.18. The third-order valence-electron chi connectivity index (χ3n) is 3.09. The first kappa shape index (κ1) is 13.8. The molecule has 0 saturated heterocycles. The minimum Gasteiger partial charge on any atom is -0.353 e. The monoisotopic (exact) mass is 280 g/mol. The average molecular weight is 281 g/mol. The molecular formula is C13H17ClN4O. The molecule has 102 valence electrons. The van der Waals surface area contributed by atoms with Crippen LogP contribution in [0, 0.1) is 0 Å². The number of anilines is 1. The molecule has 0 fully saturated rings. The number of nitrogens with zero attached hydrogens (tertiary/aromatic N) is 4. The van der Waals surface area contributed by atoms with Gasteiger partial charge >= 0.3 is 0 Å². The molecule has 2 rings (SSSR count). The van der Waals surface area contributed by atoms with Gasteiger partial charge in [-0.2, -0.15) is 0 Å². The summed E-state index contributed by atoms with van der Waals surface area (Å²) in [5.41, 5.74) is 0.778. The zero-order valence-electron chi connectivity index (χ0n) is 11.5. The Bertz CT molecular complexity index is 524. The van der Waals surface area contributed by atoms with E-state index in [-0.39, 0.29) is 11.6 Å². The number of aldehydes is 1. The fraction of sp³-hybridized carbons (Fsp3) is 0.462. The van der Waals surface area contributed by atoms with Crippen LogP contribution in [0.25, 0.3) is 0 Å². The van der Waals surface area contributed by atoms with E-state index in [9.17, 15) is 4.79 Å². The maximum atomic E-state index is 11.2. The molecular weight excluding hydrogens is 264 g/mol. The molecule has 1 aliphatic rings. The van der Waals surface area contributed by atoms with Gasteiger partial charge in [-0.1, -0.05) is 32.4 Å². The minimum absolute atomic E-state index is 0.131. The Morgan fingerprint density at radius 2 is 2.00 bits per heavy atom. The Kier molecular flexibility index (Phi) is 3.49. The summed E-state index contributed by atoms with van der Waals surface area (Å²) >= 11 is 6.10. The number of rotatable bonds is 2. The molecule has 1 aromatic heterocycles. The fourth-order valence-electron chi connectivity index (χ4n) is 1.94. The highest BCUT2D eigenvalue weighted by Crippen LogP contribution is 2.31. The molecule has 0 N–H and O–H groups in total. The molecule has 1 atom stereocenters. The summed E-state index contributed by atoms with van der Waals surface area (Å²) in [5, 5.41) is 8.46. The van der Waals surface area contributed by atoms with Crippen LogP contribution in [0.2, 0.25) is 5.15 Å². The molecule has 1 aromatic rings. The van der Waals surface area contributed by atoms with Crippen LogP contribution in [-0.4, -0.2) is 34.6 Å². The molecule has 0 amide bonds. The topological polar surface area (TPSA) is 49.3 Å². The maximum absolute atomic E-state index is 11.2. The summed E-state index contributed by atoms with van der Waals surface area (Å²) < 4.78 is 0. The van der Waals surface area contributed by atoms with E-state index in [0.717, 1.165) is 11.8 Å². The lowest BCUT2D eigenvalue weighted by atomic mass is 9.88. The van der Waals surface area contributed by atoms with Crippen molar-refractivity contribution in [2.24, 2.45) is 0 Å². The normalized spacial score (nSPS) is 19.1. The van der Waals surface area contributed by atoms with Gasteiger partial charge in [0, 0.05) is 25.0 Å². The van der Waals surface area contributed by atoms with Crippen LogP contribution in [0.1, 0.15) is 26.3 Å². The third-order valence-corrected chi connectivity index (χ3v) is 3.37. The summed E-state index contributed by atoms with van der Waals surface area (Å²) in [6.45, 7) is 6.18. The van der Waals surface area contributed by atoms with Gasteiger partial charge in [0.1, 0.15) is 0 Å². The Labute approximate surface area is 117 Å². The standard InChI is InChI=1S/C13H17ClN4O/c1-13(2,3)9-7-10(15-16-12(9)14)18-6-5-17(4)11(18)8-19/h5-8,11H,1-4H3. The van der Waals surface area contributed by atoms with Crippen molar-refractivity contribution in [3.63, 3.8) is 0 Å². The lowest BCUT2D eigenvalue weighted by Crippen LogP contribution is -2.38. The van der Waals surface area contributed by atoms with Gasteiger partial charge in [0.25, 0.3) is 0 Å². The Balaban J connectivity index is 2.42. The van der Waals surface area contributed by atoms with Crippen molar-refractivity contribution < 1.29 is 4.79 Å². The number of likely N-dealkylation sites (N-methyl/N-ethyl adjacent to an activating group) is 1. The Morgan fingerprint density at radius 1 is 1.32 bits per heavy atom. The maximum Gasteiger partial charge on any atom is 0.163 e. The number of carbonyl (C=O) groups excluding carboxylic acids is 1. The Morgan fingerprint density at radius 3 is 2.58 bits per heavy atom. The summed E-state index contributed by atoms with van der Waals surface area (Å²) in [5.74, 6) is 0.618. The van der Waals surface area contributed by atoms with Gasteiger partial charge in [-0.05, 0) is 11.5 Å². The van der Waals surface area contributed by atoms with E-state index in [4.69, 9.17) is 11.6 Å². The molecule has 0 bridgehead atoms. The highest BCUT2D eigenvalue weighted by Gasteiger charge is 2.27. The van der Waals surface area contributed by atoms with E-state index in [1.165, 1.54) is 0 Å². The number of aromatic nitrogens is 2. The van der Waals surface area contributed by atoms with Crippen molar-refractivity contribution in [1.29, 1.82) is 0 Å². The molecule has 1 unspecified atom stereocenters. The summed E-state index contributed by atoms with van der Waals surface area (Å²) in [6, 6.07) is 1.88. The predicted molar refractivity (Wildman–Crippen MR) is 75.0 cm³/mol. The number of carbonyl (C=O) groups is 1. The van der Waals surface area contributed by atoms with Crippen molar-refractivity contribution >= 4 is 23.7 Å². The summed E-state index contributed by atoms with van der Waals surface area (Å²) in [4.78, 5) is 14.7. The second-order valence-corrected chi connectivity index (χ2v) is 5.94. The number of halogens is 1. The average Bonchev–Trinajstić information content (AvgIpc) is 2.69. The van der Waals surface area contributed by atoms with Gasteiger partial charge in [0.05, 0.1) is 0 Å². The smallest absolute Gasteiger partial charge is 0.163 e. The molecule has 2 heterocycles. The largest absolute Gasteiger partial charge is 0.353 e. The highest BCUT2D eigenvalue weighted by atomic mass is 35.5. The number of hydrogen-bond donors (Lipinski definition) is 0. The van der Waals surface area contributed by atoms with E-state index >= 15 is 0 Å². The fourth-order valence-corrected chi connectivity index (χ4v) is 2.32. The van der Waals surface area contributed by atoms with Gasteiger partial charge in [-0.3, -0.25) is 4.79 Å². The highest BCUT2D eigenvalue weighted by molar-refractivity contribution is 6.30. The van der Waals surface area contributed by atoms with Gasteiger partial charge in [-0.25, -0.2) is 0 Å². The van der Waals surface area contributed by atoms with E-state index in [2.05, 4.69) is 31.0 Å². The van der Waals surface area contributed by atoms with Crippen molar-refractivity contribution in [2.75, 3.05) is 11.9 Å². The lowest BCUT2D eigenvalue weighted by molar-refractivity contribution is -0.110. The second-order valence-electron chi connectivity index (χ2n) is 5.58. The van der Waals surface area contributed by atoms with E-state index in [1.54, 1.807) is 9.80 Å². The molecule has 1 aliphatic heterocycles. The van der Waals surface area contributed by atoms with E-state index in [1.807, 2.05) is 25.5 Å². The third kappa shape index (κ3) is 2.56. The van der Waals surface area contributed by atoms with Gasteiger partial charge < -0.3 is 9.80 Å². The first-order valence-electron chi connectivity index (χ1n) is 6.02. The van der Waals surface area contributed by atoms with E-state index < -0.39 is 0 Å². The molecule has 5 nitrogen and oxygen atoms in total. The first-order valence-corrected chi connectivity index (χ1v) is 6.40. The van der Waals surface area contributed by atoms with Crippen LogP contribution in [0.5, 0.6) is 0 Å². The minimum atomic E-state index is -0.386. The van der Waals surface area contributed by atoms with Gasteiger partial charge in [-0.15, -0.1) is 10.2 Å². The first-order chi connectivity index (χ1) is 8.84. The molecule has 0 aliphatic carbocycles. The SMILES string of the molecule is CN1C=CN(c2cc(C(C)(C)C)c(Cl)nn2)C1C=O. The van der Waals surface area contributed by atoms with Gasteiger partial charge in [0.2, 0.25) is 0 Å². The Hall–Kier alpha value is -1.62. The summed E-state index contributed by atoms with van der Waals surface area (Å²) in [7, 11) is 1.84. The van der Waals surface area contributed by atoms with Crippen molar-refractivity contribution in [2.45, 2.75) is 32.4 Å².